The minimum Gasteiger partial charge on any atom is -0.497 e. The second-order valence-corrected chi connectivity index (χ2v) is 6.31. The van der Waals surface area contributed by atoms with E-state index in [1.807, 2.05) is 17.0 Å². The van der Waals surface area contributed by atoms with Gasteiger partial charge in [-0.3, -0.25) is 4.79 Å². The second kappa shape index (κ2) is 7.34. The maximum atomic E-state index is 12.5. The molecule has 122 valence electrons. The van der Waals surface area contributed by atoms with E-state index in [-0.39, 0.29) is 24.4 Å². The Labute approximate surface area is 138 Å². The van der Waals surface area contributed by atoms with E-state index in [0.717, 1.165) is 44.5 Å². The molecule has 1 aromatic rings. The van der Waals surface area contributed by atoms with E-state index in [1.165, 1.54) is 5.56 Å². The van der Waals surface area contributed by atoms with E-state index >= 15 is 0 Å². The lowest BCUT2D eigenvalue weighted by Gasteiger charge is -2.20. The quantitative estimate of drug-likeness (QED) is 0.929. The van der Waals surface area contributed by atoms with E-state index in [2.05, 4.69) is 12.1 Å². The molecule has 1 amide bonds. The largest absolute Gasteiger partial charge is 0.497 e. The Morgan fingerprint density at radius 1 is 1.23 bits per heavy atom. The molecule has 3 rings (SSSR count). The summed E-state index contributed by atoms with van der Waals surface area (Å²) in [5.74, 6) is 1.81. The molecule has 1 heterocycles. The maximum Gasteiger partial charge on any atom is 0.225 e. The molecule has 0 radical (unpaired) electrons. The van der Waals surface area contributed by atoms with Crippen LogP contribution < -0.4 is 10.5 Å². The molecule has 1 aliphatic carbocycles. The molecular weight excluding hydrogens is 300 g/mol. The molecule has 2 fully saturated rings. The van der Waals surface area contributed by atoms with Crippen LogP contribution in [0.25, 0.3) is 0 Å². The molecule has 0 bridgehead atoms. The van der Waals surface area contributed by atoms with Crippen molar-refractivity contribution in [1.29, 1.82) is 0 Å². The lowest BCUT2D eigenvalue weighted by Crippen LogP contribution is -2.34. The standard InChI is InChI=1S/C17H24N2O2.ClH/c1-21-16-6-3-12(4-7-16)14-8-9-19(11-14)17(20)13-2-5-15(18)10-13;/h3-4,6-7,13-15H,2,5,8-11,18H2,1H3;1H. The van der Waals surface area contributed by atoms with Gasteiger partial charge in [-0.05, 0) is 43.4 Å². The Bertz CT molecular complexity index is 506. The SMILES string of the molecule is COc1ccc(C2CCN(C(=O)C3CCC(N)C3)C2)cc1.Cl. The zero-order valence-electron chi connectivity index (χ0n) is 13.0. The van der Waals surface area contributed by atoms with Crippen LogP contribution in [0.2, 0.25) is 0 Å². The van der Waals surface area contributed by atoms with E-state index < -0.39 is 0 Å². The van der Waals surface area contributed by atoms with Gasteiger partial charge < -0.3 is 15.4 Å². The fraction of sp³-hybridized carbons (Fsp3) is 0.588. The number of likely N-dealkylation sites (tertiary alicyclic amines) is 1. The first kappa shape index (κ1) is 17.1. The summed E-state index contributed by atoms with van der Waals surface area (Å²) in [6.45, 7) is 1.72. The van der Waals surface area contributed by atoms with Crippen molar-refractivity contribution in [2.75, 3.05) is 20.2 Å². The van der Waals surface area contributed by atoms with Crippen LogP contribution in [0.3, 0.4) is 0 Å². The molecule has 1 aliphatic heterocycles. The summed E-state index contributed by atoms with van der Waals surface area (Å²) in [7, 11) is 1.68. The van der Waals surface area contributed by atoms with Gasteiger partial charge in [0, 0.05) is 31.0 Å². The first-order chi connectivity index (χ1) is 10.2. The Kier molecular flexibility index (Phi) is 5.70. The van der Waals surface area contributed by atoms with Gasteiger partial charge in [0.05, 0.1) is 7.11 Å². The highest BCUT2D eigenvalue weighted by Gasteiger charge is 2.34. The smallest absolute Gasteiger partial charge is 0.225 e. The highest BCUT2D eigenvalue weighted by molar-refractivity contribution is 5.85. The van der Waals surface area contributed by atoms with E-state index in [0.29, 0.717) is 11.8 Å². The number of nitrogens with zero attached hydrogens (tertiary/aromatic N) is 1. The first-order valence-corrected chi connectivity index (χ1v) is 7.85. The molecule has 1 saturated carbocycles. The molecule has 2 N–H and O–H groups in total. The number of hydrogen-bond donors (Lipinski definition) is 1. The fourth-order valence-electron chi connectivity index (χ4n) is 3.61. The molecule has 22 heavy (non-hydrogen) atoms. The van der Waals surface area contributed by atoms with Crippen molar-refractivity contribution in [3.63, 3.8) is 0 Å². The monoisotopic (exact) mass is 324 g/mol. The zero-order chi connectivity index (χ0) is 14.8. The molecule has 1 aromatic carbocycles. The third-order valence-corrected chi connectivity index (χ3v) is 4.91. The van der Waals surface area contributed by atoms with Gasteiger partial charge in [-0.2, -0.15) is 0 Å². The molecule has 4 nitrogen and oxygen atoms in total. The van der Waals surface area contributed by atoms with E-state index in [1.54, 1.807) is 7.11 Å². The Balaban J connectivity index is 0.00000176. The fourth-order valence-corrected chi connectivity index (χ4v) is 3.61. The van der Waals surface area contributed by atoms with E-state index in [4.69, 9.17) is 10.5 Å². The van der Waals surface area contributed by atoms with Gasteiger partial charge in [-0.1, -0.05) is 12.1 Å². The van der Waals surface area contributed by atoms with Gasteiger partial charge in [0.1, 0.15) is 5.75 Å². The Morgan fingerprint density at radius 3 is 2.55 bits per heavy atom. The number of nitrogens with two attached hydrogens (primary N) is 1. The van der Waals surface area contributed by atoms with Crippen LogP contribution in [0.15, 0.2) is 24.3 Å². The Hall–Kier alpha value is -1.26. The van der Waals surface area contributed by atoms with Gasteiger partial charge in [0.15, 0.2) is 0 Å². The number of rotatable bonds is 3. The van der Waals surface area contributed by atoms with Crippen LogP contribution in [-0.2, 0) is 4.79 Å². The normalized spacial score (nSPS) is 27.5. The zero-order valence-corrected chi connectivity index (χ0v) is 13.8. The lowest BCUT2D eigenvalue weighted by atomic mass is 9.98. The molecule has 2 aliphatic rings. The number of hydrogen-bond acceptors (Lipinski definition) is 3. The summed E-state index contributed by atoms with van der Waals surface area (Å²) in [6, 6.07) is 8.44. The molecule has 0 spiro atoms. The highest BCUT2D eigenvalue weighted by atomic mass is 35.5. The number of methoxy groups -OCH3 is 1. The van der Waals surface area contributed by atoms with Gasteiger partial charge >= 0.3 is 0 Å². The average Bonchev–Trinajstić information content (AvgIpc) is 3.16. The van der Waals surface area contributed by atoms with Gasteiger partial charge in [-0.25, -0.2) is 0 Å². The molecule has 1 saturated heterocycles. The molecule has 3 atom stereocenters. The van der Waals surface area contributed by atoms with Crippen LogP contribution in [0.1, 0.15) is 37.2 Å². The molecular formula is C17H25ClN2O2. The predicted molar refractivity (Wildman–Crippen MR) is 89.5 cm³/mol. The average molecular weight is 325 g/mol. The third-order valence-electron chi connectivity index (χ3n) is 4.91. The molecule has 5 heteroatoms. The summed E-state index contributed by atoms with van der Waals surface area (Å²) in [6.07, 6.45) is 3.87. The number of carbonyl (C=O) groups is 1. The third kappa shape index (κ3) is 3.55. The van der Waals surface area contributed by atoms with Crippen molar-refractivity contribution >= 4 is 18.3 Å². The van der Waals surface area contributed by atoms with Crippen molar-refractivity contribution in [3.05, 3.63) is 29.8 Å². The number of carbonyl (C=O) groups excluding carboxylic acids is 1. The maximum absolute atomic E-state index is 12.5. The summed E-state index contributed by atoms with van der Waals surface area (Å²) >= 11 is 0. The minimum absolute atomic E-state index is 0. The van der Waals surface area contributed by atoms with Crippen molar-refractivity contribution in [1.82, 2.24) is 4.90 Å². The topological polar surface area (TPSA) is 55.6 Å². The number of ether oxygens (including phenoxy) is 1. The van der Waals surface area contributed by atoms with Gasteiger partial charge in [0.2, 0.25) is 5.91 Å². The van der Waals surface area contributed by atoms with Crippen molar-refractivity contribution in [3.8, 4) is 5.75 Å². The predicted octanol–water partition coefficient (Wildman–Crippen LogP) is 2.56. The second-order valence-electron chi connectivity index (χ2n) is 6.31. The molecule has 3 unspecified atom stereocenters. The summed E-state index contributed by atoms with van der Waals surface area (Å²) in [5.41, 5.74) is 7.22. The summed E-state index contributed by atoms with van der Waals surface area (Å²) < 4.78 is 5.19. The lowest BCUT2D eigenvalue weighted by molar-refractivity contribution is -0.134. The van der Waals surface area contributed by atoms with Gasteiger partial charge in [-0.15, -0.1) is 12.4 Å². The van der Waals surface area contributed by atoms with Gasteiger partial charge in [0.25, 0.3) is 0 Å². The minimum atomic E-state index is 0. The molecule has 0 aromatic heterocycles. The van der Waals surface area contributed by atoms with Crippen LogP contribution in [0, 0.1) is 5.92 Å². The van der Waals surface area contributed by atoms with Crippen LogP contribution in [0.4, 0.5) is 0 Å². The highest BCUT2D eigenvalue weighted by Crippen LogP contribution is 2.32. The van der Waals surface area contributed by atoms with Crippen molar-refractivity contribution in [2.24, 2.45) is 11.7 Å². The van der Waals surface area contributed by atoms with E-state index in [9.17, 15) is 4.79 Å². The Morgan fingerprint density at radius 2 is 1.95 bits per heavy atom. The van der Waals surface area contributed by atoms with Crippen LogP contribution in [-0.4, -0.2) is 37.0 Å². The number of amides is 1. The van der Waals surface area contributed by atoms with Crippen LogP contribution >= 0.6 is 12.4 Å². The van der Waals surface area contributed by atoms with Crippen LogP contribution in [0.5, 0.6) is 5.75 Å². The van der Waals surface area contributed by atoms with Crippen molar-refractivity contribution < 1.29 is 9.53 Å². The number of halogens is 1. The summed E-state index contributed by atoms with van der Waals surface area (Å²) in [5, 5.41) is 0. The first-order valence-electron chi connectivity index (χ1n) is 7.85. The summed E-state index contributed by atoms with van der Waals surface area (Å²) in [4.78, 5) is 14.6. The number of benzene rings is 1. The van der Waals surface area contributed by atoms with Crippen molar-refractivity contribution in [2.45, 2.75) is 37.6 Å².